The molecule has 2 heterocycles. The highest BCUT2D eigenvalue weighted by Gasteiger charge is 2.24. The highest BCUT2D eigenvalue weighted by Crippen LogP contribution is 2.26. The van der Waals surface area contributed by atoms with Crippen LogP contribution in [0.2, 0.25) is 0 Å². The zero-order chi connectivity index (χ0) is 24.9. The number of H-pyrrole nitrogens is 1. The number of rotatable bonds is 7. The highest BCUT2D eigenvalue weighted by molar-refractivity contribution is 5.93. The molecule has 0 spiro atoms. The zero-order valence-electron chi connectivity index (χ0n) is 18.5. The van der Waals surface area contributed by atoms with Crippen molar-refractivity contribution >= 4 is 16.8 Å². The Hall–Kier alpha value is -4.08. The van der Waals surface area contributed by atoms with E-state index < -0.39 is 35.3 Å². The zero-order valence-corrected chi connectivity index (χ0v) is 18.5. The minimum absolute atomic E-state index is 0.0190. The molecule has 2 atom stereocenters. The van der Waals surface area contributed by atoms with Crippen molar-refractivity contribution in [3.8, 4) is 17.6 Å². The van der Waals surface area contributed by atoms with Crippen LogP contribution in [0, 0.1) is 23.0 Å². The van der Waals surface area contributed by atoms with Crippen LogP contribution in [-0.2, 0) is 16.0 Å². The quantitative estimate of drug-likeness (QED) is 0.516. The molecule has 0 aliphatic carbocycles. The van der Waals surface area contributed by atoms with E-state index in [0.29, 0.717) is 5.56 Å². The number of aromatic nitrogens is 2. The summed E-state index contributed by atoms with van der Waals surface area (Å²) in [6.45, 7) is 0.0133. The van der Waals surface area contributed by atoms with Gasteiger partial charge in [-0.25, -0.2) is 13.8 Å². The Morgan fingerprint density at radius 1 is 1.26 bits per heavy atom. The molecule has 2 N–H and O–H groups in total. The van der Waals surface area contributed by atoms with Gasteiger partial charge in [0.2, 0.25) is 0 Å². The lowest BCUT2D eigenvalue weighted by Gasteiger charge is -2.26. The summed E-state index contributed by atoms with van der Waals surface area (Å²) in [7, 11) is 1.32. The van der Waals surface area contributed by atoms with Gasteiger partial charge in [-0.1, -0.05) is 6.07 Å². The van der Waals surface area contributed by atoms with Crippen molar-refractivity contribution in [1.82, 2.24) is 15.3 Å². The van der Waals surface area contributed by atoms with Gasteiger partial charge in [-0.15, -0.1) is 0 Å². The molecule has 2 aromatic carbocycles. The molecular formula is C23H20F2N4O6. The van der Waals surface area contributed by atoms with E-state index in [1.807, 2.05) is 6.07 Å². The average molecular weight is 486 g/mol. The highest BCUT2D eigenvalue weighted by atomic mass is 19.1. The van der Waals surface area contributed by atoms with E-state index in [0.717, 1.165) is 6.07 Å². The van der Waals surface area contributed by atoms with E-state index in [4.69, 9.17) is 24.2 Å². The molecular weight excluding hydrogens is 466 g/mol. The van der Waals surface area contributed by atoms with E-state index in [9.17, 15) is 18.4 Å². The van der Waals surface area contributed by atoms with Gasteiger partial charge in [0.1, 0.15) is 18.1 Å². The molecule has 0 bridgehead atoms. The smallest absolute Gasteiger partial charge is 0.287 e. The first-order valence-corrected chi connectivity index (χ1v) is 10.5. The fourth-order valence-corrected chi connectivity index (χ4v) is 3.40. The maximum atomic E-state index is 14.5. The molecule has 4 rings (SSSR count). The van der Waals surface area contributed by atoms with Crippen molar-refractivity contribution in [2.75, 3.05) is 26.9 Å². The minimum atomic E-state index is -0.793. The molecule has 2 unspecified atom stereocenters. The SMILES string of the molecule is COc1cc(CNC(=O)c2nc3ccc(F)c(OCC4COC(C#N)CO4)c3c(=O)[nH]2)ccc1F. The molecule has 182 valence electrons. The van der Waals surface area contributed by atoms with Crippen LogP contribution in [0.15, 0.2) is 35.1 Å². The van der Waals surface area contributed by atoms with E-state index in [1.165, 1.54) is 31.4 Å². The van der Waals surface area contributed by atoms with Gasteiger partial charge in [0.25, 0.3) is 11.5 Å². The fourth-order valence-electron chi connectivity index (χ4n) is 3.40. The molecule has 1 aliphatic rings. The number of fused-ring (bicyclic) bond motifs is 1. The van der Waals surface area contributed by atoms with Crippen molar-refractivity contribution in [2.45, 2.75) is 18.8 Å². The molecule has 0 saturated carbocycles. The Bertz CT molecular complexity index is 1350. The number of methoxy groups -OCH3 is 1. The summed E-state index contributed by atoms with van der Waals surface area (Å²) in [4.78, 5) is 31.8. The predicted octanol–water partition coefficient (Wildman–Crippen LogP) is 1.83. The van der Waals surface area contributed by atoms with Gasteiger partial charge in [0, 0.05) is 6.54 Å². The summed E-state index contributed by atoms with van der Waals surface area (Å²) >= 11 is 0. The van der Waals surface area contributed by atoms with Crippen LogP contribution in [0.4, 0.5) is 8.78 Å². The van der Waals surface area contributed by atoms with E-state index >= 15 is 0 Å². The largest absolute Gasteiger partial charge is 0.494 e. The molecule has 1 amide bonds. The first-order chi connectivity index (χ1) is 16.9. The number of nitrogens with one attached hydrogen (secondary N) is 2. The van der Waals surface area contributed by atoms with Crippen molar-refractivity contribution in [1.29, 1.82) is 5.26 Å². The maximum Gasteiger partial charge on any atom is 0.287 e. The Morgan fingerprint density at radius 2 is 2.06 bits per heavy atom. The monoisotopic (exact) mass is 486 g/mol. The number of amides is 1. The second-order valence-electron chi connectivity index (χ2n) is 7.55. The van der Waals surface area contributed by atoms with Crippen molar-refractivity contribution in [2.24, 2.45) is 0 Å². The second kappa shape index (κ2) is 10.5. The van der Waals surface area contributed by atoms with Crippen LogP contribution in [0.1, 0.15) is 16.2 Å². The minimum Gasteiger partial charge on any atom is -0.494 e. The normalized spacial score (nSPS) is 17.5. The Morgan fingerprint density at radius 3 is 2.77 bits per heavy atom. The Labute approximate surface area is 197 Å². The standard InChI is InChI=1S/C23H20F2N4O6/c1-32-18-6-12(2-3-15(18)24)8-27-23(31)21-28-17-5-4-16(25)20(19(17)22(30)29-21)35-11-14-10-33-13(7-26)9-34-14/h2-6,13-14H,8-11H2,1H3,(H,27,31)(H,28,29,30). The summed E-state index contributed by atoms with van der Waals surface area (Å²) in [5, 5.41) is 11.2. The van der Waals surface area contributed by atoms with Crippen molar-refractivity contribution in [3.63, 3.8) is 0 Å². The third-order valence-corrected chi connectivity index (χ3v) is 5.19. The molecule has 0 radical (unpaired) electrons. The maximum absolute atomic E-state index is 14.5. The molecule has 10 nitrogen and oxygen atoms in total. The lowest BCUT2D eigenvalue weighted by atomic mass is 10.2. The third kappa shape index (κ3) is 5.37. The molecule has 35 heavy (non-hydrogen) atoms. The van der Waals surface area contributed by atoms with Crippen LogP contribution in [-0.4, -0.2) is 55.0 Å². The lowest BCUT2D eigenvalue weighted by Crippen LogP contribution is -2.38. The fraction of sp³-hybridized carbons (Fsp3) is 0.304. The van der Waals surface area contributed by atoms with Crippen molar-refractivity contribution < 1.29 is 32.5 Å². The van der Waals surface area contributed by atoms with E-state index in [2.05, 4.69) is 15.3 Å². The molecule has 1 aromatic heterocycles. The van der Waals surface area contributed by atoms with Crippen LogP contribution >= 0.6 is 0 Å². The molecule has 12 heteroatoms. The van der Waals surface area contributed by atoms with E-state index in [-0.39, 0.29) is 54.6 Å². The van der Waals surface area contributed by atoms with Gasteiger partial charge in [-0.2, -0.15) is 5.26 Å². The number of aromatic amines is 1. The second-order valence-corrected chi connectivity index (χ2v) is 7.55. The number of benzene rings is 2. The lowest BCUT2D eigenvalue weighted by molar-refractivity contribution is -0.124. The summed E-state index contributed by atoms with van der Waals surface area (Å²) in [5.74, 6) is -2.63. The number of carbonyl (C=O) groups is 1. The average Bonchev–Trinajstić information content (AvgIpc) is 2.87. The number of hydrogen-bond donors (Lipinski definition) is 2. The van der Waals surface area contributed by atoms with Gasteiger partial charge in [-0.05, 0) is 29.8 Å². The number of nitriles is 1. The van der Waals surface area contributed by atoms with Gasteiger partial charge >= 0.3 is 0 Å². The number of hydrogen-bond acceptors (Lipinski definition) is 8. The summed E-state index contributed by atoms with van der Waals surface area (Å²) in [5.41, 5.74) is -0.167. The Kier molecular flexibility index (Phi) is 7.19. The van der Waals surface area contributed by atoms with Crippen LogP contribution in [0.5, 0.6) is 11.5 Å². The predicted molar refractivity (Wildman–Crippen MR) is 117 cm³/mol. The first kappa shape index (κ1) is 24.1. The summed E-state index contributed by atoms with van der Waals surface area (Å²) in [6.07, 6.45) is -1.24. The van der Waals surface area contributed by atoms with Gasteiger partial charge in [0.15, 0.2) is 35.1 Å². The third-order valence-electron chi connectivity index (χ3n) is 5.19. The summed E-state index contributed by atoms with van der Waals surface area (Å²) < 4.78 is 49.2. The van der Waals surface area contributed by atoms with Crippen LogP contribution in [0.25, 0.3) is 10.9 Å². The number of nitrogens with zero attached hydrogens (tertiary/aromatic N) is 2. The molecule has 1 aliphatic heterocycles. The molecule has 1 fully saturated rings. The number of ether oxygens (including phenoxy) is 4. The van der Waals surface area contributed by atoms with Gasteiger partial charge in [0.05, 0.1) is 31.9 Å². The Balaban J connectivity index is 1.49. The van der Waals surface area contributed by atoms with Gasteiger partial charge < -0.3 is 29.2 Å². The van der Waals surface area contributed by atoms with Crippen LogP contribution < -0.4 is 20.3 Å². The number of carbonyl (C=O) groups excluding carboxylic acids is 1. The van der Waals surface area contributed by atoms with Crippen molar-refractivity contribution in [3.05, 3.63) is 63.7 Å². The van der Waals surface area contributed by atoms with E-state index in [1.54, 1.807) is 0 Å². The molecule has 1 saturated heterocycles. The summed E-state index contributed by atoms with van der Waals surface area (Å²) in [6, 6.07) is 8.36. The topological polar surface area (TPSA) is 136 Å². The van der Waals surface area contributed by atoms with Crippen LogP contribution in [0.3, 0.4) is 0 Å². The van der Waals surface area contributed by atoms with Gasteiger partial charge in [-0.3, -0.25) is 9.59 Å². The molecule has 3 aromatic rings. The number of halogens is 2. The first-order valence-electron chi connectivity index (χ1n) is 10.5.